The third-order valence-electron chi connectivity index (χ3n) is 4.36. The summed E-state index contributed by atoms with van der Waals surface area (Å²) in [5.74, 6) is 0.317. The monoisotopic (exact) mass is 341 g/mol. The highest BCUT2D eigenvalue weighted by molar-refractivity contribution is 5.96. The summed E-state index contributed by atoms with van der Waals surface area (Å²) in [4.78, 5) is 14.6. The lowest BCUT2D eigenvalue weighted by Crippen LogP contribution is -2.42. The molecule has 0 spiro atoms. The molecule has 132 valence electrons. The van der Waals surface area contributed by atoms with Crippen molar-refractivity contribution in [3.8, 4) is 0 Å². The van der Waals surface area contributed by atoms with Crippen LogP contribution in [0.3, 0.4) is 0 Å². The first-order valence-electron chi connectivity index (χ1n) is 8.42. The molecule has 0 bridgehead atoms. The molecule has 1 aliphatic heterocycles. The van der Waals surface area contributed by atoms with E-state index in [-0.39, 0.29) is 11.9 Å². The Morgan fingerprint density at radius 2 is 1.92 bits per heavy atom. The van der Waals surface area contributed by atoms with Gasteiger partial charge in [-0.2, -0.15) is 5.10 Å². The first-order chi connectivity index (χ1) is 12.2. The predicted molar refractivity (Wildman–Crippen MR) is 95.6 cm³/mol. The summed E-state index contributed by atoms with van der Waals surface area (Å²) in [5.41, 5.74) is 5.13. The maximum atomic E-state index is 12.3. The minimum absolute atomic E-state index is 0.0100. The van der Waals surface area contributed by atoms with E-state index in [0.717, 1.165) is 24.4 Å². The van der Waals surface area contributed by atoms with Gasteiger partial charge in [0, 0.05) is 13.1 Å². The molecule has 1 saturated heterocycles. The number of nitrogens with zero attached hydrogens (tertiary/aromatic N) is 2. The average Bonchev–Trinajstić information content (AvgIpc) is 3.08. The summed E-state index contributed by atoms with van der Waals surface area (Å²) < 4.78 is 10.6. The summed E-state index contributed by atoms with van der Waals surface area (Å²) in [7, 11) is 0. The molecule has 0 aliphatic carbocycles. The van der Waals surface area contributed by atoms with Gasteiger partial charge in [0.1, 0.15) is 5.76 Å². The number of amides is 1. The molecule has 2 heterocycles. The van der Waals surface area contributed by atoms with Crippen LogP contribution in [0, 0.1) is 6.92 Å². The average molecular weight is 341 g/mol. The first-order valence-corrected chi connectivity index (χ1v) is 8.42. The minimum atomic E-state index is -0.264. The molecule has 1 N–H and O–H groups in total. The van der Waals surface area contributed by atoms with Crippen LogP contribution in [0.2, 0.25) is 0 Å². The Kier molecular flexibility index (Phi) is 5.63. The largest absolute Gasteiger partial charge is 0.469 e. The van der Waals surface area contributed by atoms with Crippen molar-refractivity contribution < 1.29 is 13.9 Å². The third kappa shape index (κ3) is 4.15. The standard InChI is InChI=1S/C19H23N3O3/c1-14(20-21-19(23)17-8-11-25-15(17)2)18(16-6-4-3-5-7-16)22-9-12-24-13-10-22/h3-8,11,18H,9-10,12-13H2,1-2H3,(H,21,23)/b20-14-/t18-/m1/s1. The molecular weight excluding hydrogens is 318 g/mol. The van der Waals surface area contributed by atoms with Crippen molar-refractivity contribution in [3.63, 3.8) is 0 Å². The van der Waals surface area contributed by atoms with E-state index in [1.54, 1.807) is 13.0 Å². The molecule has 1 fully saturated rings. The van der Waals surface area contributed by atoms with Crippen LogP contribution in [0.1, 0.15) is 34.6 Å². The number of hydrogen-bond acceptors (Lipinski definition) is 5. The van der Waals surface area contributed by atoms with Gasteiger partial charge < -0.3 is 9.15 Å². The Morgan fingerprint density at radius 3 is 2.56 bits per heavy atom. The highest BCUT2D eigenvalue weighted by atomic mass is 16.5. The lowest BCUT2D eigenvalue weighted by Gasteiger charge is -2.34. The molecule has 2 aromatic rings. The molecule has 3 rings (SSSR count). The van der Waals surface area contributed by atoms with Gasteiger partial charge in [0.2, 0.25) is 0 Å². The van der Waals surface area contributed by atoms with Gasteiger partial charge in [-0.05, 0) is 25.5 Å². The molecule has 6 heteroatoms. The second-order valence-electron chi connectivity index (χ2n) is 6.05. The SMILES string of the molecule is C/C(=N/NC(=O)c1ccoc1C)[C@H](c1ccccc1)N1CCOCC1. The van der Waals surface area contributed by atoms with Crippen LogP contribution in [0.4, 0.5) is 0 Å². The fraction of sp³-hybridized carbons (Fsp3) is 0.368. The molecule has 1 amide bonds. The van der Waals surface area contributed by atoms with Crippen molar-refractivity contribution in [1.82, 2.24) is 10.3 Å². The molecule has 25 heavy (non-hydrogen) atoms. The number of carbonyl (C=O) groups excluding carboxylic acids is 1. The molecular formula is C19H23N3O3. The number of nitrogens with one attached hydrogen (secondary N) is 1. The van der Waals surface area contributed by atoms with Crippen molar-refractivity contribution in [2.75, 3.05) is 26.3 Å². The second kappa shape index (κ2) is 8.09. The van der Waals surface area contributed by atoms with E-state index in [1.165, 1.54) is 6.26 Å². The van der Waals surface area contributed by atoms with Crippen molar-refractivity contribution in [3.05, 3.63) is 59.5 Å². The van der Waals surface area contributed by atoms with E-state index in [9.17, 15) is 4.79 Å². The Balaban J connectivity index is 1.79. The predicted octanol–water partition coefficient (Wildman–Crippen LogP) is 2.77. The second-order valence-corrected chi connectivity index (χ2v) is 6.05. The van der Waals surface area contributed by atoms with Crippen LogP contribution < -0.4 is 5.43 Å². The van der Waals surface area contributed by atoms with Crippen LogP contribution in [-0.4, -0.2) is 42.8 Å². The lowest BCUT2D eigenvalue weighted by molar-refractivity contribution is 0.0285. The minimum Gasteiger partial charge on any atom is -0.469 e. The third-order valence-corrected chi connectivity index (χ3v) is 4.36. The first kappa shape index (κ1) is 17.4. The maximum absolute atomic E-state index is 12.3. The number of hydrogen-bond donors (Lipinski definition) is 1. The van der Waals surface area contributed by atoms with Gasteiger partial charge in [0.25, 0.3) is 5.91 Å². The van der Waals surface area contributed by atoms with E-state index >= 15 is 0 Å². The van der Waals surface area contributed by atoms with E-state index in [0.29, 0.717) is 24.5 Å². The van der Waals surface area contributed by atoms with Crippen LogP contribution in [0.15, 0.2) is 52.2 Å². The summed E-state index contributed by atoms with van der Waals surface area (Å²) >= 11 is 0. The zero-order valence-corrected chi connectivity index (χ0v) is 14.6. The number of benzene rings is 1. The highest BCUT2D eigenvalue weighted by Gasteiger charge is 2.25. The Hall–Kier alpha value is -2.44. The van der Waals surface area contributed by atoms with Gasteiger partial charge in [-0.15, -0.1) is 0 Å². The number of furan rings is 1. The molecule has 1 aromatic heterocycles. The summed E-state index contributed by atoms with van der Waals surface area (Å²) in [6, 6.07) is 11.9. The summed E-state index contributed by atoms with van der Waals surface area (Å²) in [5, 5.41) is 4.37. The van der Waals surface area contributed by atoms with E-state index in [2.05, 4.69) is 27.6 Å². The highest BCUT2D eigenvalue weighted by Crippen LogP contribution is 2.23. The normalized spacial score (nSPS) is 17.3. The number of morpholine rings is 1. The van der Waals surface area contributed by atoms with Gasteiger partial charge in [-0.3, -0.25) is 9.69 Å². The molecule has 0 saturated carbocycles. The lowest BCUT2D eigenvalue weighted by atomic mass is 10.0. The van der Waals surface area contributed by atoms with Gasteiger partial charge >= 0.3 is 0 Å². The van der Waals surface area contributed by atoms with E-state index in [1.807, 2.05) is 25.1 Å². The Labute approximate surface area is 147 Å². The number of rotatable bonds is 5. The van der Waals surface area contributed by atoms with Gasteiger partial charge in [-0.1, -0.05) is 30.3 Å². The number of hydrazone groups is 1. The molecule has 6 nitrogen and oxygen atoms in total. The fourth-order valence-corrected chi connectivity index (χ4v) is 3.07. The quantitative estimate of drug-likeness (QED) is 0.671. The maximum Gasteiger partial charge on any atom is 0.274 e. The zero-order valence-electron chi connectivity index (χ0n) is 14.6. The molecule has 0 radical (unpaired) electrons. The topological polar surface area (TPSA) is 67.1 Å². The molecule has 1 atom stereocenters. The number of aryl methyl sites for hydroxylation is 1. The molecule has 1 aliphatic rings. The van der Waals surface area contributed by atoms with Crippen LogP contribution in [0.5, 0.6) is 0 Å². The number of ether oxygens (including phenoxy) is 1. The number of carbonyl (C=O) groups is 1. The Bertz CT molecular complexity index is 733. The van der Waals surface area contributed by atoms with Crippen LogP contribution in [-0.2, 0) is 4.74 Å². The van der Waals surface area contributed by atoms with E-state index < -0.39 is 0 Å². The van der Waals surface area contributed by atoms with E-state index in [4.69, 9.17) is 9.15 Å². The fourth-order valence-electron chi connectivity index (χ4n) is 3.07. The summed E-state index contributed by atoms with van der Waals surface area (Å²) in [6.07, 6.45) is 1.50. The van der Waals surface area contributed by atoms with Gasteiger partial charge in [0.05, 0.1) is 36.8 Å². The van der Waals surface area contributed by atoms with Gasteiger partial charge in [0.15, 0.2) is 0 Å². The van der Waals surface area contributed by atoms with Crippen molar-refractivity contribution in [2.24, 2.45) is 5.10 Å². The van der Waals surface area contributed by atoms with Crippen LogP contribution >= 0.6 is 0 Å². The van der Waals surface area contributed by atoms with Gasteiger partial charge in [-0.25, -0.2) is 5.43 Å². The van der Waals surface area contributed by atoms with Crippen molar-refractivity contribution >= 4 is 11.6 Å². The van der Waals surface area contributed by atoms with Crippen LogP contribution in [0.25, 0.3) is 0 Å². The molecule has 0 unspecified atom stereocenters. The zero-order chi connectivity index (χ0) is 17.6. The van der Waals surface area contributed by atoms with Crippen molar-refractivity contribution in [2.45, 2.75) is 19.9 Å². The molecule has 1 aromatic carbocycles. The smallest absolute Gasteiger partial charge is 0.274 e. The Morgan fingerprint density at radius 1 is 1.20 bits per heavy atom. The summed E-state index contributed by atoms with van der Waals surface area (Å²) in [6.45, 7) is 6.78. The van der Waals surface area contributed by atoms with Crippen molar-refractivity contribution in [1.29, 1.82) is 0 Å².